The third-order valence-corrected chi connectivity index (χ3v) is 2.47. The fourth-order valence-corrected chi connectivity index (χ4v) is 1.46. The van der Waals surface area contributed by atoms with Gasteiger partial charge in [-0.15, -0.1) is 0 Å². The van der Waals surface area contributed by atoms with Crippen molar-refractivity contribution in [1.82, 2.24) is 0 Å². The normalized spacial score (nSPS) is 12.6. The van der Waals surface area contributed by atoms with Gasteiger partial charge in [-0.2, -0.15) is 0 Å². The highest BCUT2D eigenvalue weighted by Gasteiger charge is 2.04. The molecular weight excluding hydrogens is 174 g/mol. The number of nitrogens with zero attached hydrogens (tertiary/aromatic N) is 1. The molecule has 1 atom stereocenters. The minimum atomic E-state index is -0.290. The first-order chi connectivity index (χ1) is 6.50. The number of hydrogen-bond acceptors (Lipinski definition) is 2. The van der Waals surface area contributed by atoms with E-state index in [1.165, 1.54) is 11.1 Å². The fourth-order valence-electron chi connectivity index (χ4n) is 1.46. The molecule has 0 radical (unpaired) electrons. The third-order valence-electron chi connectivity index (χ3n) is 2.47. The van der Waals surface area contributed by atoms with Gasteiger partial charge in [0.2, 0.25) is 0 Å². The number of hydrogen-bond donors (Lipinski definition) is 1. The second-order valence-corrected chi connectivity index (χ2v) is 4.00. The van der Waals surface area contributed by atoms with Gasteiger partial charge in [0.25, 0.3) is 0 Å². The molecule has 2 heteroatoms. The summed E-state index contributed by atoms with van der Waals surface area (Å²) in [4.78, 5) is 2.07. The summed E-state index contributed by atoms with van der Waals surface area (Å²) in [5.41, 5.74) is 3.76. The van der Waals surface area contributed by atoms with Crippen LogP contribution >= 0.6 is 0 Å². The van der Waals surface area contributed by atoms with Crippen molar-refractivity contribution in [2.45, 2.75) is 26.9 Å². The molecule has 0 bridgehead atoms. The Balaban J connectivity index is 2.80. The number of aliphatic hydroxyl groups is 1. The average molecular weight is 193 g/mol. The Kier molecular flexibility index (Phi) is 3.53. The van der Waals surface area contributed by atoms with Gasteiger partial charge in [-0.25, -0.2) is 0 Å². The van der Waals surface area contributed by atoms with Crippen LogP contribution in [0.15, 0.2) is 18.2 Å². The van der Waals surface area contributed by atoms with Crippen LogP contribution in [-0.2, 0) is 0 Å². The minimum Gasteiger partial charge on any atom is -0.392 e. The average Bonchev–Trinajstić information content (AvgIpc) is 2.08. The van der Waals surface area contributed by atoms with Gasteiger partial charge in [-0.1, -0.05) is 6.07 Å². The first kappa shape index (κ1) is 11.1. The lowest BCUT2D eigenvalue weighted by molar-refractivity contribution is 0.201. The van der Waals surface area contributed by atoms with Crippen LogP contribution in [0.5, 0.6) is 0 Å². The summed E-state index contributed by atoms with van der Waals surface area (Å²) in [5.74, 6) is 0. The molecule has 1 aromatic carbocycles. The zero-order valence-electron chi connectivity index (χ0n) is 9.41. The predicted molar refractivity (Wildman–Crippen MR) is 60.9 cm³/mol. The van der Waals surface area contributed by atoms with Crippen LogP contribution < -0.4 is 4.90 Å². The molecule has 14 heavy (non-hydrogen) atoms. The van der Waals surface area contributed by atoms with E-state index in [4.69, 9.17) is 0 Å². The van der Waals surface area contributed by atoms with Gasteiger partial charge in [0.1, 0.15) is 0 Å². The van der Waals surface area contributed by atoms with Crippen LogP contribution in [0.3, 0.4) is 0 Å². The van der Waals surface area contributed by atoms with Crippen molar-refractivity contribution in [2.24, 2.45) is 0 Å². The van der Waals surface area contributed by atoms with Crippen LogP contribution in [0, 0.1) is 13.8 Å². The lowest BCUT2D eigenvalue weighted by atomic mass is 10.1. The van der Waals surface area contributed by atoms with E-state index in [-0.39, 0.29) is 6.10 Å². The van der Waals surface area contributed by atoms with Gasteiger partial charge >= 0.3 is 0 Å². The molecule has 0 fully saturated rings. The van der Waals surface area contributed by atoms with E-state index in [1.807, 2.05) is 7.05 Å². The Morgan fingerprint density at radius 1 is 1.29 bits per heavy atom. The number of aryl methyl sites for hydroxylation is 2. The van der Waals surface area contributed by atoms with Gasteiger partial charge in [0.15, 0.2) is 0 Å². The second kappa shape index (κ2) is 4.47. The minimum absolute atomic E-state index is 0.290. The van der Waals surface area contributed by atoms with Crippen molar-refractivity contribution in [2.75, 3.05) is 18.5 Å². The van der Waals surface area contributed by atoms with E-state index in [9.17, 15) is 5.11 Å². The molecule has 1 N–H and O–H groups in total. The molecule has 0 spiro atoms. The number of anilines is 1. The maximum absolute atomic E-state index is 9.27. The molecule has 0 saturated carbocycles. The summed E-state index contributed by atoms with van der Waals surface area (Å²) in [7, 11) is 2.00. The van der Waals surface area contributed by atoms with E-state index >= 15 is 0 Å². The highest BCUT2D eigenvalue weighted by molar-refractivity contribution is 5.50. The van der Waals surface area contributed by atoms with Crippen LogP contribution in [0.1, 0.15) is 18.1 Å². The fraction of sp³-hybridized carbons (Fsp3) is 0.500. The Labute approximate surface area is 86.2 Å². The van der Waals surface area contributed by atoms with Gasteiger partial charge in [-0.05, 0) is 44.0 Å². The lowest BCUT2D eigenvalue weighted by Gasteiger charge is -2.21. The topological polar surface area (TPSA) is 23.5 Å². The van der Waals surface area contributed by atoms with Crippen molar-refractivity contribution >= 4 is 5.69 Å². The van der Waals surface area contributed by atoms with Crippen LogP contribution in [0.2, 0.25) is 0 Å². The van der Waals surface area contributed by atoms with Gasteiger partial charge in [-0.3, -0.25) is 0 Å². The molecule has 0 heterocycles. The van der Waals surface area contributed by atoms with Crippen molar-refractivity contribution in [3.63, 3.8) is 0 Å². The number of aliphatic hydroxyl groups excluding tert-OH is 1. The monoisotopic (exact) mass is 193 g/mol. The standard InChI is InChI=1S/C12H19NO/c1-9-5-6-12(7-10(9)2)13(4)8-11(3)14/h5-7,11,14H,8H2,1-4H3. The molecule has 0 aliphatic rings. The van der Waals surface area contributed by atoms with E-state index in [0.29, 0.717) is 6.54 Å². The first-order valence-electron chi connectivity index (χ1n) is 4.97. The molecule has 1 aromatic rings. The number of likely N-dealkylation sites (N-methyl/N-ethyl adjacent to an activating group) is 1. The molecule has 78 valence electrons. The molecule has 2 nitrogen and oxygen atoms in total. The molecule has 1 rings (SSSR count). The summed E-state index contributed by atoms with van der Waals surface area (Å²) in [6.45, 7) is 6.68. The van der Waals surface area contributed by atoms with Crippen LogP contribution in [0.25, 0.3) is 0 Å². The Hall–Kier alpha value is -1.02. The highest BCUT2D eigenvalue weighted by atomic mass is 16.3. The summed E-state index contributed by atoms with van der Waals surface area (Å²) >= 11 is 0. The van der Waals surface area contributed by atoms with Crippen molar-refractivity contribution in [3.05, 3.63) is 29.3 Å². The van der Waals surface area contributed by atoms with Crippen molar-refractivity contribution < 1.29 is 5.11 Å². The summed E-state index contributed by atoms with van der Waals surface area (Å²) in [6, 6.07) is 6.35. The second-order valence-electron chi connectivity index (χ2n) is 4.00. The molecule has 1 unspecified atom stereocenters. The van der Waals surface area contributed by atoms with Gasteiger partial charge in [0.05, 0.1) is 6.10 Å². The van der Waals surface area contributed by atoms with Crippen molar-refractivity contribution in [1.29, 1.82) is 0 Å². The molecule has 0 amide bonds. The van der Waals surface area contributed by atoms with Gasteiger partial charge in [0, 0.05) is 19.3 Å². The lowest BCUT2D eigenvalue weighted by Crippen LogP contribution is -2.26. The predicted octanol–water partition coefficient (Wildman–Crippen LogP) is 2.12. The van der Waals surface area contributed by atoms with E-state index < -0.39 is 0 Å². The van der Waals surface area contributed by atoms with Crippen LogP contribution in [-0.4, -0.2) is 24.8 Å². The van der Waals surface area contributed by atoms with Crippen molar-refractivity contribution in [3.8, 4) is 0 Å². The van der Waals surface area contributed by atoms with Gasteiger partial charge < -0.3 is 10.0 Å². The molecule has 0 aromatic heterocycles. The Morgan fingerprint density at radius 2 is 1.93 bits per heavy atom. The summed E-state index contributed by atoms with van der Waals surface area (Å²) < 4.78 is 0. The largest absolute Gasteiger partial charge is 0.392 e. The zero-order chi connectivity index (χ0) is 10.7. The third kappa shape index (κ3) is 2.74. The zero-order valence-corrected chi connectivity index (χ0v) is 9.41. The Morgan fingerprint density at radius 3 is 2.43 bits per heavy atom. The van der Waals surface area contributed by atoms with E-state index in [0.717, 1.165) is 5.69 Å². The Bertz CT molecular complexity index is 307. The molecular formula is C12H19NO. The van der Waals surface area contributed by atoms with E-state index in [1.54, 1.807) is 6.92 Å². The quantitative estimate of drug-likeness (QED) is 0.795. The summed E-state index contributed by atoms with van der Waals surface area (Å²) in [5, 5.41) is 9.27. The SMILES string of the molecule is Cc1ccc(N(C)CC(C)O)cc1C. The maximum atomic E-state index is 9.27. The number of benzene rings is 1. The molecule has 0 aliphatic heterocycles. The smallest absolute Gasteiger partial charge is 0.0686 e. The molecule has 0 aliphatic carbocycles. The number of rotatable bonds is 3. The highest BCUT2D eigenvalue weighted by Crippen LogP contribution is 2.17. The van der Waals surface area contributed by atoms with E-state index in [2.05, 4.69) is 36.9 Å². The first-order valence-corrected chi connectivity index (χ1v) is 4.97. The molecule has 0 saturated heterocycles. The van der Waals surface area contributed by atoms with Crippen LogP contribution in [0.4, 0.5) is 5.69 Å². The summed E-state index contributed by atoms with van der Waals surface area (Å²) in [6.07, 6.45) is -0.290. The maximum Gasteiger partial charge on any atom is 0.0686 e.